The molecule has 0 atom stereocenters. The summed E-state index contributed by atoms with van der Waals surface area (Å²) in [6.07, 6.45) is 4.27. The van der Waals surface area contributed by atoms with Gasteiger partial charge in [0.1, 0.15) is 10.0 Å². The number of para-hydroxylation sites is 1. The summed E-state index contributed by atoms with van der Waals surface area (Å²) in [4.78, 5) is 19.6. The zero-order valence-corrected chi connectivity index (χ0v) is 20.9. The fourth-order valence-corrected chi connectivity index (χ4v) is 7.62. The third-order valence-corrected chi connectivity index (χ3v) is 10.4. The van der Waals surface area contributed by atoms with Crippen molar-refractivity contribution in [1.29, 1.82) is 0 Å². The molecule has 0 saturated heterocycles. The number of thiazole rings is 1. The van der Waals surface area contributed by atoms with Gasteiger partial charge in [-0.1, -0.05) is 18.2 Å². The molecule has 8 heteroatoms. The average Bonchev–Trinajstić information content (AvgIpc) is 3.39. The number of hydrogen-bond acceptors (Lipinski definition) is 6. The first-order chi connectivity index (χ1) is 15.8. The second-order valence-electron chi connectivity index (χ2n) is 8.48. The van der Waals surface area contributed by atoms with Gasteiger partial charge in [0.25, 0.3) is 5.91 Å². The standard InChI is InChI=1S/C25H24N2O3S3/c1-15(2)33(29,30)17-9-7-8-16(14-17)23(28)27-25-22(18-10-3-5-12-20(18)31-25)24-26-19-11-4-6-13-21(19)32-24/h4,6-9,11,13-15H,3,5,10,12H2,1-2H3,(H,27,28). The first-order valence-electron chi connectivity index (χ1n) is 11.0. The maximum Gasteiger partial charge on any atom is 0.256 e. The number of aromatic nitrogens is 1. The highest BCUT2D eigenvalue weighted by Crippen LogP contribution is 2.46. The predicted molar refractivity (Wildman–Crippen MR) is 136 cm³/mol. The van der Waals surface area contributed by atoms with Crippen LogP contribution in [0.2, 0.25) is 0 Å². The number of carbonyl (C=O) groups excluding carboxylic acids is 1. The molecule has 5 nitrogen and oxygen atoms in total. The lowest BCUT2D eigenvalue weighted by Crippen LogP contribution is -2.16. The summed E-state index contributed by atoms with van der Waals surface area (Å²) in [5.74, 6) is -0.309. The summed E-state index contributed by atoms with van der Waals surface area (Å²) in [5.41, 5.74) is 3.60. The molecule has 2 aromatic carbocycles. The number of anilines is 1. The molecule has 170 valence electrons. The number of hydrogen-bond donors (Lipinski definition) is 1. The van der Waals surface area contributed by atoms with Crippen molar-refractivity contribution in [2.75, 3.05) is 5.32 Å². The predicted octanol–water partition coefficient (Wildman–Crippen LogP) is 6.34. The van der Waals surface area contributed by atoms with E-state index in [-0.39, 0.29) is 10.8 Å². The number of carbonyl (C=O) groups is 1. The van der Waals surface area contributed by atoms with Crippen LogP contribution in [0.25, 0.3) is 20.8 Å². The quantitative estimate of drug-likeness (QED) is 0.350. The van der Waals surface area contributed by atoms with E-state index in [0.29, 0.717) is 5.56 Å². The molecular formula is C25H24N2O3S3. The number of nitrogens with zero attached hydrogens (tertiary/aromatic N) is 1. The van der Waals surface area contributed by atoms with Gasteiger partial charge in [-0.3, -0.25) is 4.79 Å². The number of benzene rings is 2. The highest BCUT2D eigenvalue weighted by molar-refractivity contribution is 7.92. The van der Waals surface area contributed by atoms with E-state index in [1.165, 1.54) is 16.5 Å². The number of sulfone groups is 1. The molecule has 0 radical (unpaired) electrons. The summed E-state index contributed by atoms with van der Waals surface area (Å²) < 4.78 is 26.3. The Morgan fingerprint density at radius 2 is 1.82 bits per heavy atom. The van der Waals surface area contributed by atoms with Gasteiger partial charge < -0.3 is 5.32 Å². The molecule has 4 aromatic rings. The normalized spacial score (nSPS) is 13.9. The third-order valence-electron chi connectivity index (χ3n) is 5.95. The van der Waals surface area contributed by atoms with Crippen LogP contribution in [-0.4, -0.2) is 24.6 Å². The lowest BCUT2D eigenvalue weighted by Gasteiger charge is -2.12. The number of aryl methyl sites for hydroxylation is 1. The molecule has 33 heavy (non-hydrogen) atoms. The van der Waals surface area contributed by atoms with Gasteiger partial charge in [0.05, 0.1) is 20.4 Å². The molecule has 1 aliphatic rings. The first kappa shape index (κ1) is 22.3. The van der Waals surface area contributed by atoms with Gasteiger partial charge in [0.2, 0.25) is 0 Å². The van der Waals surface area contributed by atoms with Crippen LogP contribution in [0.4, 0.5) is 5.00 Å². The fourth-order valence-electron chi connectivity index (χ4n) is 4.12. The summed E-state index contributed by atoms with van der Waals surface area (Å²) in [6.45, 7) is 3.28. The van der Waals surface area contributed by atoms with E-state index >= 15 is 0 Å². The molecule has 0 spiro atoms. The molecule has 0 saturated carbocycles. The molecule has 1 aliphatic carbocycles. The molecular weight excluding hydrogens is 472 g/mol. The Labute approximate surface area is 201 Å². The molecule has 5 rings (SSSR count). The Morgan fingerprint density at radius 1 is 1.03 bits per heavy atom. The highest BCUT2D eigenvalue weighted by Gasteiger charge is 2.26. The van der Waals surface area contributed by atoms with Crippen LogP contribution < -0.4 is 5.32 Å². The largest absolute Gasteiger partial charge is 0.313 e. The monoisotopic (exact) mass is 496 g/mol. The lowest BCUT2D eigenvalue weighted by molar-refractivity contribution is 0.102. The molecule has 0 fully saturated rings. The van der Waals surface area contributed by atoms with Crippen molar-refractivity contribution in [3.63, 3.8) is 0 Å². The van der Waals surface area contributed by atoms with Gasteiger partial charge in [-0.05, 0) is 75.4 Å². The van der Waals surface area contributed by atoms with E-state index in [2.05, 4.69) is 11.4 Å². The van der Waals surface area contributed by atoms with E-state index in [1.807, 2.05) is 18.2 Å². The summed E-state index contributed by atoms with van der Waals surface area (Å²) in [7, 11) is -3.46. The zero-order valence-electron chi connectivity index (χ0n) is 18.4. The van der Waals surface area contributed by atoms with Gasteiger partial charge in [-0.15, -0.1) is 22.7 Å². The Bertz CT molecular complexity index is 1430. The van der Waals surface area contributed by atoms with Gasteiger partial charge in [0.15, 0.2) is 9.84 Å². The zero-order chi connectivity index (χ0) is 23.2. The van der Waals surface area contributed by atoms with Crippen molar-refractivity contribution in [2.45, 2.75) is 49.7 Å². The molecule has 1 amide bonds. The van der Waals surface area contributed by atoms with Gasteiger partial charge >= 0.3 is 0 Å². The minimum absolute atomic E-state index is 0.169. The van der Waals surface area contributed by atoms with Crippen LogP contribution in [-0.2, 0) is 22.7 Å². The second-order valence-corrected chi connectivity index (χ2v) is 13.1. The molecule has 0 aliphatic heterocycles. The van der Waals surface area contributed by atoms with E-state index in [0.717, 1.165) is 51.5 Å². The van der Waals surface area contributed by atoms with Crippen molar-refractivity contribution >= 4 is 53.6 Å². The van der Waals surface area contributed by atoms with Crippen molar-refractivity contribution in [3.05, 3.63) is 64.5 Å². The summed E-state index contributed by atoms with van der Waals surface area (Å²) in [6, 6.07) is 14.3. The molecule has 2 heterocycles. The van der Waals surface area contributed by atoms with Gasteiger partial charge in [0, 0.05) is 16.0 Å². The molecule has 0 bridgehead atoms. The Morgan fingerprint density at radius 3 is 2.61 bits per heavy atom. The number of nitrogens with one attached hydrogen (secondary N) is 1. The van der Waals surface area contributed by atoms with Crippen LogP contribution in [0, 0.1) is 0 Å². The fraction of sp³-hybridized carbons (Fsp3) is 0.280. The second kappa shape index (κ2) is 8.66. The Hall–Kier alpha value is -2.55. The topological polar surface area (TPSA) is 76.1 Å². The molecule has 0 unspecified atom stereocenters. The van der Waals surface area contributed by atoms with Crippen LogP contribution in [0.3, 0.4) is 0 Å². The van der Waals surface area contributed by atoms with Crippen LogP contribution in [0.5, 0.6) is 0 Å². The summed E-state index contributed by atoms with van der Waals surface area (Å²) >= 11 is 3.26. The third kappa shape index (κ3) is 4.11. The van der Waals surface area contributed by atoms with E-state index in [4.69, 9.17) is 4.98 Å². The van der Waals surface area contributed by atoms with Crippen molar-refractivity contribution in [3.8, 4) is 10.6 Å². The van der Waals surface area contributed by atoms with Crippen molar-refractivity contribution < 1.29 is 13.2 Å². The maximum atomic E-state index is 13.2. The Kier molecular flexibility index (Phi) is 5.84. The van der Waals surface area contributed by atoms with E-state index in [9.17, 15) is 13.2 Å². The maximum absolute atomic E-state index is 13.2. The van der Waals surface area contributed by atoms with Crippen molar-refractivity contribution in [1.82, 2.24) is 4.98 Å². The van der Waals surface area contributed by atoms with Crippen LogP contribution >= 0.6 is 22.7 Å². The minimum atomic E-state index is -3.46. The Balaban J connectivity index is 1.54. The molecule has 1 N–H and O–H groups in total. The van der Waals surface area contributed by atoms with Crippen LogP contribution in [0.15, 0.2) is 53.4 Å². The number of fused-ring (bicyclic) bond motifs is 2. The van der Waals surface area contributed by atoms with E-state index < -0.39 is 15.1 Å². The SMILES string of the molecule is CC(C)S(=O)(=O)c1cccc(C(=O)Nc2sc3c(c2-c2nc4ccccc4s2)CCCC3)c1. The lowest BCUT2D eigenvalue weighted by atomic mass is 9.95. The summed E-state index contributed by atoms with van der Waals surface area (Å²) in [5, 5.41) is 4.25. The van der Waals surface area contributed by atoms with Gasteiger partial charge in [-0.2, -0.15) is 0 Å². The highest BCUT2D eigenvalue weighted by atomic mass is 32.2. The van der Waals surface area contributed by atoms with Gasteiger partial charge in [-0.25, -0.2) is 13.4 Å². The number of thiophene rings is 1. The number of amides is 1. The smallest absolute Gasteiger partial charge is 0.256 e. The number of rotatable bonds is 5. The first-order valence-corrected chi connectivity index (χ1v) is 14.2. The molecule has 2 aromatic heterocycles. The van der Waals surface area contributed by atoms with E-state index in [1.54, 1.807) is 54.7 Å². The minimum Gasteiger partial charge on any atom is -0.313 e. The van der Waals surface area contributed by atoms with Crippen molar-refractivity contribution in [2.24, 2.45) is 0 Å². The van der Waals surface area contributed by atoms with Crippen LogP contribution in [0.1, 0.15) is 47.5 Å². The average molecular weight is 497 g/mol.